The van der Waals surface area contributed by atoms with E-state index in [0.717, 1.165) is 55.1 Å². The summed E-state index contributed by atoms with van der Waals surface area (Å²) in [4.78, 5) is 11.2. The second-order valence-corrected chi connectivity index (χ2v) is 5.33. The van der Waals surface area contributed by atoms with Gasteiger partial charge in [-0.25, -0.2) is 9.97 Å². The third-order valence-corrected chi connectivity index (χ3v) is 3.66. The lowest BCUT2D eigenvalue weighted by Gasteiger charge is -2.28. The zero-order valence-electron chi connectivity index (χ0n) is 13.5. The van der Waals surface area contributed by atoms with Crippen molar-refractivity contribution in [1.82, 2.24) is 9.97 Å². The summed E-state index contributed by atoms with van der Waals surface area (Å²) in [6.07, 6.45) is 0. The Morgan fingerprint density at radius 1 is 1.09 bits per heavy atom. The maximum Gasteiger partial charge on any atom is 0.132 e. The highest BCUT2D eigenvalue weighted by molar-refractivity contribution is 5.40. The Bertz CT molecular complexity index is 640. The first-order valence-corrected chi connectivity index (χ1v) is 7.69. The molecule has 0 bridgehead atoms. The van der Waals surface area contributed by atoms with E-state index in [1.165, 1.54) is 0 Å². The molecule has 0 aliphatic carbocycles. The summed E-state index contributed by atoms with van der Waals surface area (Å²) >= 11 is 0. The van der Waals surface area contributed by atoms with Gasteiger partial charge in [0.2, 0.25) is 0 Å². The third-order valence-electron chi connectivity index (χ3n) is 3.66. The summed E-state index contributed by atoms with van der Waals surface area (Å²) in [5.41, 5.74) is 0.870. The molecule has 1 saturated heterocycles. The van der Waals surface area contributed by atoms with E-state index in [0.29, 0.717) is 6.61 Å². The number of aromatic nitrogens is 2. The number of methoxy groups -OCH3 is 1. The van der Waals surface area contributed by atoms with Gasteiger partial charge < -0.3 is 19.1 Å². The standard InChI is InChI=1S/C17H21N3O3/c1-13-18-14(11-17(19-13)20-7-9-22-10-8-20)12-23-16-5-3-15(21-2)4-6-16/h3-6,11H,7-10,12H2,1-2H3. The van der Waals surface area contributed by atoms with Gasteiger partial charge in [0.25, 0.3) is 0 Å². The molecule has 3 rings (SSSR count). The molecule has 2 heterocycles. The molecule has 0 radical (unpaired) electrons. The highest BCUT2D eigenvalue weighted by Crippen LogP contribution is 2.19. The van der Waals surface area contributed by atoms with Gasteiger partial charge >= 0.3 is 0 Å². The van der Waals surface area contributed by atoms with E-state index in [1.54, 1.807) is 7.11 Å². The van der Waals surface area contributed by atoms with Crippen LogP contribution in [0.4, 0.5) is 5.82 Å². The lowest BCUT2D eigenvalue weighted by molar-refractivity contribution is 0.122. The molecule has 1 aliphatic rings. The van der Waals surface area contributed by atoms with Crippen molar-refractivity contribution in [1.29, 1.82) is 0 Å². The van der Waals surface area contributed by atoms with Gasteiger partial charge in [-0.1, -0.05) is 0 Å². The Kier molecular flexibility index (Phi) is 4.92. The van der Waals surface area contributed by atoms with Crippen LogP contribution in [0.2, 0.25) is 0 Å². The minimum Gasteiger partial charge on any atom is -0.497 e. The Morgan fingerprint density at radius 2 is 1.78 bits per heavy atom. The van der Waals surface area contributed by atoms with Crippen molar-refractivity contribution in [2.75, 3.05) is 38.3 Å². The van der Waals surface area contributed by atoms with Gasteiger partial charge in [0.15, 0.2) is 0 Å². The first-order chi connectivity index (χ1) is 11.2. The highest BCUT2D eigenvalue weighted by Gasteiger charge is 2.14. The number of rotatable bonds is 5. The molecule has 6 heteroatoms. The van der Waals surface area contributed by atoms with Crippen LogP contribution >= 0.6 is 0 Å². The van der Waals surface area contributed by atoms with Crippen molar-refractivity contribution in [3.05, 3.63) is 41.9 Å². The molecule has 0 atom stereocenters. The number of ether oxygens (including phenoxy) is 3. The fourth-order valence-corrected chi connectivity index (χ4v) is 2.47. The Morgan fingerprint density at radius 3 is 2.48 bits per heavy atom. The number of morpholine rings is 1. The number of anilines is 1. The number of benzene rings is 1. The average Bonchev–Trinajstić information content (AvgIpc) is 2.61. The van der Waals surface area contributed by atoms with E-state index in [4.69, 9.17) is 14.2 Å². The monoisotopic (exact) mass is 315 g/mol. The quantitative estimate of drug-likeness (QED) is 0.843. The molecule has 122 valence electrons. The van der Waals surface area contributed by atoms with E-state index >= 15 is 0 Å². The van der Waals surface area contributed by atoms with Crippen LogP contribution in [0.1, 0.15) is 11.5 Å². The van der Waals surface area contributed by atoms with Gasteiger partial charge in [-0.3, -0.25) is 0 Å². The van der Waals surface area contributed by atoms with Crippen molar-refractivity contribution in [3.8, 4) is 11.5 Å². The Hall–Kier alpha value is -2.34. The number of hydrogen-bond donors (Lipinski definition) is 0. The van der Waals surface area contributed by atoms with Crippen molar-refractivity contribution >= 4 is 5.82 Å². The molecule has 0 spiro atoms. The molecule has 6 nitrogen and oxygen atoms in total. The number of hydrogen-bond acceptors (Lipinski definition) is 6. The third kappa shape index (κ3) is 4.10. The minimum absolute atomic E-state index is 0.410. The molecule has 2 aromatic rings. The van der Waals surface area contributed by atoms with Crippen LogP contribution < -0.4 is 14.4 Å². The van der Waals surface area contributed by atoms with Gasteiger partial charge in [0, 0.05) is 19.2 Å². The van der Waals surface area contributed by atoms with Crippen LogP contribution in [0, 0.1) is 6.92 Å². The summed E-state index contributed by atoms with van der Waals surface area (Å²) in [6, 6.07) is 9.51. The lowest BCUT2D eigenvalue weighted by Crippen LogP contribution is -2.37. The first kappa shape index (κ1) is 15.6. The van der Waals surface area contributed by atoms with Crippen molar-refractivity contribution < 1.29 is 14.2 Å². The lowest BCUT2D eigenvalue weighted by atomic mass is 10.3. The molecule has 0 saturated carbocycles. The Labute approximate surface area is 136 Å². The molecule has 1 aromatic heterocycles. The van der Waals surface area contributed by atoms with Crippen LogP contribution in [0.5, 0.6) is 11.5 Å². The van der Waals surface area contributed by atoms with E-state index in [9.17, 15) is 0 Å². The fraction of sp³-hybridized carbons (Fsp3) is 0.412. The second kappa shape index (κ2) is 7.28. The molecule has 0 unspecified atom stereocenters. The second-order valence-electron chi connectivity index (χ2n) is 5.33. The van der Waals surface area contributed by atoms with Crippen LogP contribution in [0.15, 0.2) is 30.3 Å². The average molecular weight is 315 g/mol. The topological polar surface area (TPSA) is 56.7 Å². The zero-order valence-corrected chi connectivity index (χ0v) is 13.5. The molecular weight excluding hydrogens is 294 g/mol. The van der Waals surface area contributed by atoms with Gasteiger partial charge in [-0.05, 0) is 31.2 Å². The molecule has 1 aliphatic heterocycles. The first-order valence-electron chi connectivity index (χ1n) is 7.69. The fourth-order valence-electron chi connectivity index (χ4n) is 2.47. The van der Waals surface area contributed by atoms with Gasteiger partial charge in [-0.2, -0.15) is 0 Å². The molecule has 0 amide bonds. The molecule has 1 fully saturated rings. The molecule has 1 aromatic carbocycles. The summed E-state index contributed by atoms with van der Waals surface area (Å²) in [5, 5.41) is 0. The largest absolute Gasteiger partial charge is 0.497 e. The predicted molar refractivity (Wildman–Crippen MR) is 87.1 cm³/mol. The van der Waals surface area contributed by atoms with E-state index < -0.39 is 0 Å². The van der Waals surface area contributed by atoms with E-state index in [2.05, 4.69) is 14.9 Å². The maximum atomic E-state index is 5.80. The Balaban J connectivity index is 1.68. The summed E-state index contributed by atoms with van der Waals surface area (Å²) in [7, 11) is 1.65. The van der Waals surface area contributed by atoms with Gasteiger partial charge in [0.05, 0.1) is 26.0 Å². The smallest absolute Gasteiger partial charge is 0.132 e. The van der Waals surface area contributed by atoms with Crippen LogP contribution in [-0.4, -0.2) is 43.4 Å². The van der Waals surface area contributed by atoms with Crippen LogP contribution in [-0.2, 0) is 11.3 Å². The number of nitrogens with zero attached hydrogens (tertiary/aromatic N) is 3. The normalized spacial score (nSPS) is 14.6. The van der Waals surface area contributed by atoms with Crippen molar-refractivity contribution in [2.45, 2.75) is 13.5 Å². The summed E-state index contributed by atoms with van der Waals surface area (Å²) in [5.74, 6) is 3.29. The predicted octanol–water partition coefficient (Wildman–Crippen LogP) is 2.21. The minimum atomic E-state index is 0.410. The SMILES string of the molecule is COc1ccc(OCc2cc(N3CCOCC3)nc(C)n2)cc1. The van der Waals surface area contributed by atoms with Crippen molar-refractivity contribution in [3.63, 3.8) is 0 Å². The zero-order chi connectivity index (χ0) is 16.1. The summed E-state index contributed by atoms with van der Waals surface area (Å²) < 4.78 is 16.3. The molecular formula is C17H21N3O3. The van der Waals surface area contributed by atoms with Gasteiger partial charge in [0.1, 0.15) is 29.7 Å². The highest BCUT2D eigenvalue weighted by atomic mass is 16.5. The van der Waals surface area contributed by atoms with E-state index in [-0.39, 0.29) is 0 Å². The van der Waals surface area contributed by atoms with E-state index in [1.807, 2.05) is 37.3 Å². The van der Waals surface area contributed by atoms with Crippen LogP contribution in [0.3, 0.4) is 0 Å². The van der Waals surface area contributed by atoms with Crippen LogP contribution in [0.25, 0.3) is 0 Å². The maximum absolute atomic E-state index is 5.80. The summed E-state index contributed by atoms with van der Waals surface area (Å²) in [6.45, 7) is 5.50. The van der Waals surface area contributed by atoms with Gasteiger partial charge in [-0.15, -0.1) is 0 Å². The molecule has 23 heavy (non-hydrogen) atoms. The molecule has 0 N–H and O–H groups in total. The number of aryl methyl sites for hydroxylation is 1. The van der Waals surface area contributed by atoms with Crippen molar-refractivity contribution in [2.24, 2.45) is 0 Å².